The molecule has 0 radical (unpaired) electrons. The summed E-state index contributed by atoms with van der Waals surface area (Å²) in [6.07, 6.45) is -2.58. The van der Waals surface area contributed by atoms with E-state index in [4.69, 9.17) is 0 Å². The number of carbonyl (C=O) groups is 1. The number of rotatable bonds is 6. The zero-order valence-corrected chi connectivity index (χ0v) is 9.76. The number of carbonyl (C=O) groups excluding carboxylic acids is 1. The van der Waals surface area contributed by atoms with Crippen LogP contribution in [0, 0.1) is 0 Å². The Morgan fingerprint density at radius 1 is 1.28 bits per heavy atom. The standard InChI is InChI=1S/C13H14F3NO/c1-2-7-17-9-12(18)8-10-3-5-11(6-4-10)13(14,15)16/h2-6,17H,1,7-9H2. The molecule has 2 nitrogen and oxygen atoms in total. The molecule has 1 rings (SSSR count). The van der Waals surface area contributed by atoms with Gasteiger partial charge in [-0.1, -0.05) is 18.2 Å². The smallest absolute Gasteiger partial charge is 0.307 e. The minimum absolute atomic E-state index is 0.0726. The van der Waals surface area contributed by atoms with E-state index in [0.717, 1.165) is 12.1 Å². The summed E-state index contributed by atoms with van der Waals surface area (Å²) in [5.41, 5.74) is -0.128. The topological polar surface area (TPSA) is 29.1 Å². The van der Waals surface area contributed by atoms with Crippen molar-refractivity contribution in [3.8, 4) is 0 Å². The zero-order valence-electron chi connectivity index (χ0n) is 9.76. The van der Waals surface area contributed by atoms with Gasteiger partial charge in [0.05, 0.1) is 12.1 Å². The van der Waals surface area contributed by atoms with Crippen molar-refractivity contribution in [2.24, 2.45) is 0 Å². The van der Waals surface area contributed by atoms with Crippen LogP contribution in [-0.2, 0) is 17.4 Å². The number of ketones is 1. The molecule has 0 aliphatic carbocycles. The molecule has 0 aliphatic rings. The lowest BCUT2D eigenvalue weighted by Crippen LogP contribution is -2.24. The van der Waals surface area contributed by atoms with Crippen molar-refractivity contribution in [3.05, 3.63) is 48.0 Å². The van der Waals surface area contributed by atoms with E-state index < -0.39 is 11.7 Å². The van der Waals surface area contributed by atoms with Crippen LogP contribution in [0.1, 0.15) is 11.1 Å². The summed E-state index contributed by atoms with van der Waals surface area (Å²) in [6, 6.07) is 4.63. The van der Waals surface area contributed by atoms with Gasteiger partial charge in [-0.2, -0.15) is 13.2 Å². The van der Waals surface area contributed by atoms with E-state index in [1.54, 1.807) is 6.08 Å². The molecule has 1 aromatic carbocycles. The molecule has 18 heavy (non-hydrogen) atoms. The third kappa shape index (κ3) is 4.71. The zero-order chi connectivity index (χ0) is 13.6. The van der Waals surface area contributed by atoms with Gasteiger partial charge in [0.1, 0.15) is 0 Å². The molecule has 0 spiro atoms. The third-order valence-electron chi connectivity index (χ3n) is 2.29. The van der Waals surface area contributed by atoms with Crippen LogP contribution in [0.5, 0.6) is 0 Å². The normalized spacial score (nSPS) is 11.3. The van der Waals surface area contributed by atoms with Crippen molar-refractivity contribution >= 4 is 5.78 Å². The second-order valence-corrected chi connectivity index (χ2v) is 3.83. The lowest BCUT2D eigenvalue weighted by molar-refractivity contribution is -0.137. The minimum atomic E-state index is -4.34. The predicted octanol–water partition coefficient (Wildman–Crippen LogP) is 2.59. The van der Waals surface area contributed by atoms with Gasteiger partial charge >= 0.3 is 6.18 Å². The Hall–Kier alpha value is -1.62. The summed E-state index contributed by atoms with van der Waals surface area (Å²) in [5.74, 6) is -0.0726. The molecule has 0 aromatic heterocycles. The summed E-state index contributed by atoms with van der Waals surface area (Å²) in [6.45, 7) is 4.21. The van der Waals surface area contributed by atoms with E-state index in [1.807, 2.05) is 0 Å². The Kier molecular flexibility index (Phi) is 5.09. The van der Waals surface area contributed by atoms with Gasteiger partial charge in [0.2, 0.25) is 0 Å². The highest BCUT2D eigenvalue weighted by molar-refractivity contribution is 5.82. The van der Waals surface area contributed by atoms with Gasteiger partial charge in [-0.05, 0) is 17.7 Å². The maximum absolute atomic E-state index is 12.3. The van der Waals surface area contributed by atoms with E-state index in [2.05, 4.69) is 11.9 Å². The molecular formula is C13H14F3NO. The average Bonchev–Trinajstić information content (AvgIpc) is 2.29. The first-order chi connectivity index (χ1) is 8.43. The highest BCUT2D eigenvalue weighted by atomic mass is 19.4. The van der Waals surface area contributed by atoms with Crippen molar-refractivity contribution < 1.29 is 18.0 Å². The first kappa shape index (κ1) is 14.4. The predicted molar refractivity (Wildman–Crippen MR) is 63.2 cm³/mol. The van der Waals surface area contributed by atoms with E-state index in [9.17, 15) is 18.0 Å². The maximum Gasteiger partial charge on any atom is 0.416 e. The summed E-state index contributed by atoms with van der Waals surface area (Å²) in [7, 11) is 0. The highest BCUT2D eigenvalue weighted by Crippen LogP contribution is 2.29. The second kappa shape index (κ2) is 6.35. The van der Waals surface area contributed by atoms with Crippen LogP contribution in [0.25, 0.3) is 0 Å². The number of nitrogens with one attached hydrogen (secondary N) is 1. The molecule has 0 amide bonds. The Balaban J connectivity index is 2.53. The van der Waals surface area contributed by atoms with Gasteiger partial charge in [-0.25, -0.2) is 0 Å². The first-order valence-electron chi connectivity index (χ1n) is 5.43. The van der Waals surface area contributed by atoms with Crippen LogP contribution in [0.2, 0.25) is 0 Å². The van der Waals surface area contributed by atoms with Crippen LogP contribution in [-0.4, -0.2) is 18.9 Å². The largest absolute Gasteiger partial charge is 0.416 e. The van der Waals surface area contributed by atoms with Crippen LogP contribution in [0.3, 0.4) is 0 Å². The lowest BCUT2D eigenvalue weighted by atomic mass is 10.1. The van der Waals surface area contributed by atoms with Crippen molar-refractivity contribution in [1.82, 2.24) is 5.32 Å². The molecule has 0 fully saturated rings. The van der Waals surface area contributed by atoms with Crippen LogP contribution in [0.4, 0.5) is 13.2 Å². The highest BCUT2D eigenvalue weighted by Gasteiger charge is 2.29. The van der Waals surface area contributed by atoms with Gasteiger partial charge in [0.25, 0.3) is 0 Å². The number of hydrogen-bond acceptors (Lipinski definition) is 2. The molecule has 98 valence electrons. The fourth-order valence-corrected chi connectivity index (χ4v) is 1.42. The van der Waals surface area contributed by atoms with Gasteiger partial charge < -0.3 is 5.32 Å². The molecule has 0 unspecified atom stereocenters. The molecule has 0 aliphatic heterocycles. The molecule has 0 saturated heterocycles. The Morgan fingerprint density at radius 2 is 1.89 bits per heavy atom. The molecule has 0 atom stereocenters. The van der Waals surface area contributed by atoms with Gasteiger partial charge in [-0.3, -0.25) is 4.79 Å². The van der Waals surface area contributed by atoms with Crippen molar-refractivity contribution in [2.45, 2.75) is 12.6 Å². The Labute approximate surface area is 104 Å². The van der Waals surface area contributed by atoms with Crippen LogP contribution >= 0.6 is 0 Å². The maximum atomic E-state index is 12.3. The molecule has 0 saturated carbocycles. The summed E-state index contributed by atoms with van der Waals surface area (Å²) in [4.78, 5) is 11.5. The van der Waals surface area contributed by atoms with Crippen LogP contribution < -0.4 is 5.32 Å². The Morgan fingerprint density at radius 3 is 2.39 bits per heavy atom. The SMILES string of the molecule is C=CCNCC(=O)Cc1ccc(C(F)(F)F)cc1. The number of alkyl halides is 3. The van der Waals surface area contributed by atoms with E-state index in [-0.39, 0.29) is 18.7 Å². The second-order valence-electron chi connectivity index (χ2n) is 3.83. The first-order valence-corrected chi connectivity index (χ1v) is 5.43. The summed E-state index contributed by atoms with van der Waals surface area (Å²) >= 11 is 0. The molecule has 5 heteroatoms. The molecule has 1 N–H and O–H groups in total. The monoisotopic (exact) mass is 257 g/mol. The summed E-state index contributed by atoms with van der Waals surface area (Å²) < 4.78 is 36.9. The van der Waals surface area contributed by atoms with Gasteiger partial charge in [0.15, 0.2) is 5.78 Å². The van der Waals surface area contributed by atoms with Gasteiger partial charge in [-0.15, -0.1) is 6.58 Å². The molecule has 0 bridgehead atoms. The van der Waals surface area contributed by atoms with Crippen molar-refractivity contribution in [2.75, 3.05) is 13.1 Å². The van der Waals surface area contributed by atoms with Crippen molar-refractivity contribution in [3.63, 3.8) is 0 Å². The Bertz CT molecular complexity index is 409. The van der Waals surface area contributed by atoms with Crippen molar-refractivity contribution in [1.29, 1.82) is 0 Å². The van der Waals surface area contributed by atoms with E-state index in [1.165, 1.54) is 12.1 Å². The number of Topliss-reactive ketones (excluding diaryl/α,β-unsaturated/α-hetero) is 1. The number of halogens is 3. The molecular weight excluding hydrogens is 243 g/mol. The molecule has 0 heterocycles. The fourth-order valence-electron chi connectivity index (χ4n) is 1.42. The van der Waals surface area contributed by atoms with E-state index >= 15 is 0 Å². The summed E-state index contributed by atoms with van der Waals surface area (Å²) in [5, 5.41) is 2.84. The van der Waals surface area contributed by atoms with E-state index in [0.29, 0.717) is 12.1 Å². The molecule has 1 aromatic rings. The van der Waals surface area contributed by atoms with Gasteiger partial charge in [0, 0.05) is 13.0 Å². The average molecular weight is 257 g/mol. The lowest BCUT2D eigenvalue weighted by Gasteiger charge is -2.07. The third-order valence-corrected chi connectivity index (χ3v) is 2.29. The number of benzene rings is 1. The van der Waals surface area contributed by atoms with Crippen LogP contribution in [0.15, 0.2) is 36.9 Å². The number of hydrogen-bond donors (Lipinski definition) is 1. The quantitative estimate of drug-likeness (QED) is 0.627. The minimum Gasteiger partial charge on any atom is -0.307 e. The fraction of sp³-hybridized carbons (Fsp3) is 0.308.